The van der Waals surface area contributed by atoms with Crippen LogP contribution in [0.2, 0.25) is 0 Å². The minimum Gasteiger partial charge on any atom is -0.497 e. The normalized spacial score (nSPS) is 10.6. The van der Waals surface area contributed by atoms with Gasteiger partial charge in [0.05, 0.1) is 12.7 Å². The zero-order chi connectivity index (χ0) is 21.2. The van der Waals surface area contributed by atoms with Gasteiger partial charge in [0.15, 0.2) is 5.78 Å². The predicted octanol–water partition coefficient (Wildman–Crippen LogP) is 4.83. The van der Waals surface area contributed by atoms with Gasteiger partial charge in [-0.05, 0) is 48.0 Å². The summed E-state index contributed by atoms with van der Waals surface area (Å²) in [6, 6.07) is 23.1. The number of ketones is 1. The molecule has 0 aliphatic carbocycles. The lowest BCUT2D eigenvalue weighted by Gasteiger charge is -2.08. The number of carbonyl (C=O) groups is 2. The van der Waals surface area contributed by atoms with Crippen molar-refractivity contribution in [3.05, 3.63) is 102 Å². The minimum absolute atomic E-state index is 0.0467. The average Bonchev–Trinajstić information content (AvgIpc) is 2.81. The van der Waals surface area contributed by atoms with E-state index in [1.54, 1.807) is 67.8 Å². The molecule has 0 spiro atoms. The van der Waals surface area contributed by atoms with Gasteiger partial charge in [0, 0.05) is 5.56 Å². The number of methoxy groups -OCH3 is 1. The molecule has 0 amide bonds. The molecule has 0 saturated carbocycles. The van der Waals surface area contributed by atoms with Crippen LogP contribution in [0, 0.1) is 0 Å². The molecule has 0 bridgehead atoms. The molecule has 0 fully saturated rings. The van der Waals surface area contributed by atoms with Gasteiger partial charge in [0.2, 0.25) is 0 Å². The summed E-state index contributed by atoms with van der Waals surface area (Å²) in [5.41, 5.74) is 1.99. The maximum atomic E-state index is 12.1. The molecule has 0 N–H and O–H groups in total. The standard InChI is InChI=1S/C25H22O5/c1-28-22-14-10-21(11-15-22)25(27)30-18-17-29-23-12-7-19(8-13-23)9-16-24(26)20-5-3-2-4-6-20/h2-16H,17-18H2,1H3. The second-order valence-electron chi connectivity index (χ2n) is 6.35. The second kappa shape index (κ2) is 10.6. The summed E-state index contributed by atoms with van der Waals surface area (Å²) in [7, 11) is 1.57. The van der Waals surface area contributed by atoms with Gasteiger partial charge in [-0.1, -0.05) is 48.5 Å². The van der Waals surface area contributed by atoms with E-state index in [-0.39, 0.29) is 19.0 Å². The minimum atomic E-state index is -0.412. The van der Waals surface area contributed by atoms with Crippen molar-refractivity contribution >= 4 is 17.8 Å². The maximum absolute atomic E-state index is 12.1. The zero-order valence-corrected chi connectivity index (χ0v) is 16.6. The summed E-state index contributed by atoms with van der Waals surface area (Å²) in [6.07, 6.45) is 3.31. The zero-order valence-electron chi connectivity index (χ0n) is 16.6. The monoisotopic (exact) mass is 402 g/mol. The van der Waals surface area contributed by atoms with Gasteiger partial charge in [-0.3, -0.25) is 4.79 Å². The van der Waals surface area contributed by atoms with E-state index in [0.29, 0.717) is 22.6 Å². The van der Waals surface area contributed by atoms with Crippen LogP contribution in [-0.2, 0) is 4.74 Å². The largest absolute Gasteiger partial charge is 0.497 e. The molecule has 152 valence electrons. The summed E-state index contributed by atoms with van der Waals surface area (Å²) in [5, 5.41) is 0. The van der Waals surface area contributed by atoms with Crippen molar-refractivity contribution in [2.24, 2.45) is 0 Å². The third kappa shape index (κ3) is 6.07. The van der Waals surface area contributed by atoms with Gasteiger partial charge in [0.1, 0.15) is 24.7 Å². The summed E-state index contributed by atoms with van der Waals surface area (Å²) >= 11 is 0. The number of rotatable bonds is 9. The molecule has 0 atom stereocenters. The van der Waals surface area contributed by atoms with Crippen LogP contribution in [0.25, 0.3) is 6.08 Å². The molecule has 5 nitrogen and oxygen atoms in total. The Kier molecular flexibility index (Phi) is 7.39. The summed E-state index contributed by atoms with van der Waals surface area (Å²) in [6.45, 7) is 0.377. The fraction of sp³-hybridized carbons (Fsp3) is 0.120. The van der Waals surface area contributed by atoms with E-state index in [0.717, 1.165) is 5.56 Å². The number of hydrogen-bond acceptors (Lipinski definition) is 5. The number of benzene rings is 3. The first kappa shape index (κ1) is 20.9. The summed E-state index contributed by atoms with van der Waals surface area (Å²) < 4.78 is 15.9. The van der Waals surface area contributed by atoms with Crippen molar-refractivity contribution < 1.29 is 23.8 Å². The molecule has 0 unspecified atom stereocenters. The van der Waals surface area contributed by atoms with E-state index in [1.807, 2.05) is 30.3 Å². The van der Waals surface area contributed by atoms with Gasteiger partial charge in [-0.2, -0.15) is 0 Å². The Bertz CT molecular complexity index is 990. The van der Waals surface area contributed by atoms with Crippen molar-refractivity contribution in [2.75, 3.05) is 20.3 Å². The highest BCUT2D eigenvalue weighted by molar-refractivity contribution is 6.06. The molecule has 0 heterocycles. The van der Waals surface area contributed by atoms with Crippen molar-refractivity contribution in [1.82, 2.24) is 0 Å². The van der Waals surface area contributed by atoms with E-state index in [2.05, 4.69) is 0 Å². The SMILES string of the molecule is COc1ccc(C(=O)OCCOc2ccc(C=CC(=O)c3ccccc3)cc2)cc1. The van der Waals surface area contributed by atoms with Crippen LogP contribution in [0.3, 0.4) is 0 Å². The Morgan fingerprint density at radius 3 is 2.10 bits per heavy atom. The van der Waals surface area contributed by atoms with Gasteiger partial charge in [-0.25, -0.2) is 4.79 Å². The van der Waals surface area contributed by atoms with E-state index < -0.39 is 5.97 Å². The number of esters is 1. The molecular weight excluding hydrogens is 380 g/mol. The fourth-order valence-electron chi connectivity index (χ4n) is 2.65. The first-order valence-corrected chi connectivity index (χ1v) is 9.47. The molecule has 3 rings (SSSR count). The van der Waals surface area contributed by atoms with Crippen LogP contribution in [0.5, 0.6) is 11.5 Å². The average molecular weight is 402 g/mol. The lowest BCUT2D eigenvalue weighted by molar-refractivity contribution is 0.0450. The van der Waals surface area contributed by atoms with Crippen LogP contribution in [0.4, 0.5) is 0 Å². The predicted molar refractivity (Wildman–Crippen MR) is 115 cm³/mol. The van der Waals surface area contributed by atoms with Crippen LogP contribution >= 0.6 is 0 Å². The molecule has 0 radical (unpaired) electrons. The van der Waals surface area contributed by atoms with Crippen LogP contribution in [0.1, 0.15) is 26.3 Å². The number of hydrogen-bond donors (Lipinski definition) is 0. The Balaban J connectivity index is 1.42. The van der Waals surface area contributed by atoms with Gasteiger partial charge >= 0.3 is 5.97 Å². The highest BCUT2D eigenvalue weighted by atomic mass is 16.6. The lowest BCUT2D eigenvalue weighted by Crippen LogP contribution is -2.12. The topological polar surface area (TPSA) is 61.8 Å². The van der Waals surface area contributed by atoms with Gasteiger partial charge in [0.25, 0.3) is 0 Å². The summed E-state index contributed by atoms with van der Waals surface area (Å²) in [5.74, 6) is 0.874. The Morgan fingerprint density at radius 2 is 1.43 bits per heavy atom. The van der Waals surface area contributed by atoms with Crippen molar-refractivity contribution in [3.63, 3.8) is 0 Å². The highest BCUT2D eigenvalue weighted by Gasteiger charge is 2.07. The van der Waals surface area contributed by atoms with E-state index in [1.165, 1.54) is 0 Å². The molecule has 0 saturated heterocycles. The fourth-order valence-corrected chi connectivity index (χ4v) is 2.65. The smallest absolute Gasteiger partial charge is 0.338 e. The van der Waals surface area contributed by atoms with Crippen molar-refractivity contribution in [1.29, 1.82) is 0 Å². The maximum Gasteiger partial charge on any atom is 0.338 e. The first-order chi connectivity index (χ1) is 14.7. The van der Waals surface area contributed by atoms with Gasteiger partial charge < -0.3 is 14.2 Å². The Morgan fingerprint density at radius 1 is 0.767 bits per heavy atom. The molecule has 0 aliphatic heterocycles. The lowest BCUT2D eigenvalue weighted by atomic mass is 10.1. The Labute approximate surface area is 175 Å². The number of allylic oxidation sites excluding steroid dienone is 1. The van der Waals surface area contributed by atoms with Crippen LogP contribution < -0.4 is 9.47 Å². The molecule has 5 heteroatoms. The van der Waals surface area contributed by atoms with E-state index >= 15 is 0 Å². The van der Waals surface area contributed by atoms with Crippen molar-refractivity contribution in [3.8, 4) is 11.5 Å². The molecule has 30 heavy (non-hydrogen) atoms. The first-order valence-electron chi connectivity index (χ1n) is 9.47. The molecule has 0 aliphatic rings. The molecular formula is C25H22O5. The third-order valence-corrected chi connectivity index (χ3v) is 4.28. The third-order valence-electron chi connectivity index (χ3n) is 4.28. The van der Waals surface area contributed by atoms with E-state index in [9.17, 15) is 9.59 Å². The van der Waals surface area contributed by atoms with Crippen LogP contribution in [0.15, 0.2) is 84.9 Å². The quantitative estimate of drug-likeness (QED) is 0.222. The molecule has 3 aromatic rings. The number of ether oxygens (including phenoxy) is 3. The van der Waals surface area contributed by atoms with Gasteiger partial charge in [-0.15, -0.1) is 0 Å². The van der Waals surface area contributed by atoms with E-state index in [4.69, 9.17) is 14.2 Å². The van der Waals surface area contributed by atoms with Crippen molar-refractivity contribution in [2.45, 2.75) is 0 Å². The summed E-state index contributed by atoms with van der Waals surface area (Å²) in [4.78, 5) is 24.1. The second-order valence-corrected chi connectivity index (χ2v) is 6.35. The molecule has 3 aromatic carbocycles. The van der Waals surface area contributed by atoms with Crippen LogP contribution in [-0.4, -0.2) is 32.1 Å². The highest BCUT2D eigenvalue weighted by Crippen LogP contribution is 2.14. The number of carbonyl (C=O) groups excluding carboxylic acids is 2. The molecule has 0 aromatic heterocycles. The Hall–Kier alpha value is -3.86.